The van der Waals surface area contributed by atoms with Gasteiger partial charge in [-0.3, -0.25) is 0 Å². The van der Waals surface area contributed by atoms with Crippen molar-refractivity contribution in [3.8, 4) is 5.75 Å². The minimum absolute atomic E-state index is 0.745. The molecule has 2 heterocycles. The van der Waals surface area contributed by atoms with Gasteiger partial charge in [-0.05, 0) is 55.5 Å². The highest BCUT2D eigenvalue weighted by atomic mass is 35.5. The minimum Gasteiger partial charge on any atom is -0.493 e. The molecule has 0 unspecified atom stereocenters. The number of rotatable bonds is 4. The number of halogens is 1. The number of fused-ring (bicyclic) bond motifs is 1. The SMILES string of the molecule is ClCC1CCN(CCc2ccc3c(c2)CCO3)CC1. The molecule has 0 radical (unpaired) electrons. The summed E-state index contributed by atoms with van der Waals surface area (Å²) >= 11 is 5.92. The van der Waals surface area contributed by atoms with E-state index in [0.29, 0.717) is 0 Å². The molecule has 0 aliphatic carbocycles. The third-order valence-electron chi connectivity index (χ3n) is 4.40. The summed E-state index contributed by atoms with van der Waals surface area (Å²) in [6, 6.07) is 6.68. The van der Waals surface area contributed by atoms with E-state index >= 15 is 0 Å². The quantitative estimate of drug-likeness (QED) is 0.785. The molecular weight excluding hydrogens is 258 g/mol. The van der Waals surface area contributed by atoms with E-state index in [1.54, 1.807) is 0 Å². The molecule has 1 aromatic carbocycles. The molecule has 2 aliphatic heterocycles. The number of hydrogen-bond donors (Lipinski definition) is 0. The van der Waals surface area contributed by atoms with E-state index in [1.165, 1.54) is 43.6 Å². The molecule has 2 aliphatic rings. The van der Waals surface area contributed by atoms with Crippen LogP contribution in [-0.4, -0.2) is 37.0 Å². The normalized spacial score (nSPS) is 20.3. The maximum atomic E-state index is 5.92. The zero-order chi connectivity index (χ0) is 13.1. The molecule has 104 valence electrons. The lowest BCUT2D eigenvalue weighted by atomic mass is 9.98. The Labute approximate surface area is 120 Å². The summed E-state index contributed by atoms with van der Waals surface area (Å²) in [5.74, 6) is 2.67. The molecule has 1 saturated heterocycles. The molecule has 19 heavy (non-hydrogen) atoms. The number of nitrogens with zero attached hydrogens (tertiary/aromatic N) is 1. The minimum atomic E-state index is 0.745. The summed E-state index contributed by atoms with van der Waals surface area (Å²) in [6.45, 7) is 4.45. The molecule has 0 spiro atoms. The van der Waals surface area contributed by atoms with Crippen LogP contribution in [0.1, 0.15) is 24.0 Å². The topological polar surface area (TPSA) is 12.5 Å². The van der Waals surface area contributed by atoms with E-state index in [1.807, 2.05) is 0 Å². The van der Waals surface area contributed by atoms with Crippen LogP contribution in [0.25, 0.3) is 0 Å². The Kier molecular flexibility index (Phi) is 4.29. The van der Waals surface area contributed by atoms with Crippen molar-refractivity contribution in [2.45, 2.75) is 25.7 Å². The van der Waals surface area contributed by atoms with Crippen LogP contribution in [0.2, 0.25) is 0 Å². The van der Waals surface area contributed by atoms with Gasteiger partial charge < -0.3 is 9.64 Å². The van der Waals surface area contributed by atoms with Gasteiger partial charge in [-0.15, -0.1) is 11.6 Å². The number of piperidine rings is 1. The number of benzene rings is 1. The number of alkyl halides is 1. The van der Waals surface area contributed by atoms with Crippen molar-refractivity contribution in [3.05, 3.63) is 29.3 Å². The number of ether oxygens (including phenoxy) is 1. The fourth-order valence-corrected chi connectivity index (χ4v) is 3.36. The first-order chi connectivity index (χ1) is 9.35. The maximum Gasteiger partial charge on any atom is 0.122 e. The smallest absolute Gasteiger partial charge is 0.122 e. The molecule has 0 amide bonds. The predicted octanol–water partition coefficient (Wildman–Crippen LogP) is 3.11. The lowest BCUT2D eigenvalue weighted by Gasteiger charge is -2.31. The first-order valence-electron chi connectivity index (χ1n) is 7.38. The average Bonchev–Trinajstić information content (AvgIpc) is 2.93. The molecule has 3 heteroatoms. The zero-order valence-corrected chi connectivity index (χ0v) is 12.2. The summed E-state index contributed by atoms with van der Waals surface area (Å²) in [6.07, 6.45) is 4.76. The lowest BCUT2D eigenvalue weighted by Crippen LogP contribution is -2.35. The van der Waals surface area contributed by atoms with Gasteiger partial charge in [0.15, 0.2) is 0 Å². The highest BCUT2D eigenvalue weighted by Crippen LogP contribution is 2.26. The summed E-state index contributed by atoms with van der Waals surface area (Å²) in [7, 11) is 0. The largest absolute Gasteiger partial charge is 0.493 e. The van der Waals surface area contributed by atoms with Crippen molar-refractivity contribution < 1.29 is 4.74 Å². The van der Waals surface area contributed by atoms with E-state index in [0.717, 1.165) is 37.0 Å². The molecule has 0 saturated carbocycles. The summed E-state index contributed by atoms with van der Waals surface area (Å²) in [5.41, 5.74) is 2.84. The maximum absolute atomic E-state index is 5.92. The zero-order valence-electron chi connectivity index (χ0n) is 11.4. The Bertz CT molecular complexity index is 427. The summed E-state index contributed by atoms with van der Waals surface area (Å²) < 4.78 is 5.55. The average molecular weight is 280 g/mol. The first kappa shape index (κ1) is 13.3. The molecule has 2 nitrogen and oxygen atoms in total. The van der Waals surface area contributed by atoms with Crippen molar-refractivity contribution in [2.24, 2.45) is 5.92 Å². The molecule has 1 fully saturated rings. The van der Waals surface area contributed by atoms with Crippen molar-refractivity contribution >= 4 is 11.6 Å². The van der Waals surface area contributed by atoms with Gasteiger partial charge in [0.25, 0.3) is 0 Å². The predicted molar refractivity (Wildman–Crippen MR) is 79.2 cm³/mol. The molecule has 1 aromatic rings. The molecule has 0 atom stereocenters. The van der Waals surface area contributed by atoms with Crippen LogP contribution in [0.15, 0.2) is 18.2 Å². The van der Waals surface area contributed by atoms with Gasteiger partial charge in [-0.2, -0.15) is 0 Å². The summed E-state index contributed by atoms with van der Waals surface area (Å²) in [4.78, 5) is 2.58. The van der Waals surface area contributed by atoms with Gasteiger partial charge in [0.1, 0.15) is 5.75 Å². The number of hydrogen-bond acceptors (Lipinski definition) is 2. The second-order valence-corrected chi connectivity index (χ2v) is 6.04. The van der Waals surface area contributed by atoms with E-state index in [9.17, 15) is 0 Å². The highest BCUT2D eigenvalue weighted by Gasteiger charge is 2.18. The van der Waals surface area contributed by atoms with Crippen LogP contribution in [0.4, 0.5) is 0 Å². The van der Waals surface area contributed by atoms with Gasteiger partial charge in [-0.1, -0.05) is 12.1 Å². The van der Waals surface area contributed by atoms with Crippen LogP contribution >= 0.6 is 11.6 Å². The Morgan fingerprint density at radius 2 is 2.11 bits per heavy atom. The van der Waals surface area contributed by atoms with Crippen molar-refractivity contribution in [1.29, 1.82) is 0 Å². The van der Waals surface area contributed by atoms with E-state index in [-0.39, 0.29) is 0 Å². The van der Waals surface area contributed by atoms with Crippen molar-refractivity contribution in [2.75, 3.05) is 32.1 Å². The van der Waals surface area contributed by atoms with E-state index in [4.69, 9.17) is 16.3 Å². The van der Waals surface area contributed by atoms with Gasteiger partial charge >= 0.3 is 0 Å². The van der Waals surface area contributed by atoms with Gasteiger partial charge in [0.05, 0.1) is 6.61 Å². The van der Waals surface area contributed by atoms with Crippen LogP contribution in [-0.2, 0) is 12.8 Å². The molecular formula is C16H22ClNO. The first-order valence-corrected chi connectivity index (χ1v) is 7.91. The molecule has 0 N–H and O–H groups in total. The van der Waals surface area contributed by atoms with E-state index < -0.39 is 0 Å². The van der Waals surface area contributed by atoms with Crippen LogP contribution in [0, 0.1) is 5.92 Å². The van der Waals surface area contributed by atoms with Gasteiger partial charge in [0, 0.05) is 18.8 Å². The molecule has 0 aromatic heterocycles. The van der Waals surface area contributed by atoms with E-state index in [2.05, 4.69) is 23.1 Å². The van der Waals surface area contributed by atoms with Crippen LogP contribution < -0.4 is 4.74 Å². The van der Waals surface area contributed by atoms with Gasteiger partial charge in [-0.25, -0.2) is 0 Å². The van der Waals surface area contributed by atoms with Crippen LogP contribution in [0.3, 0.4) is 0 Å². The fraction of sp³-hybridized carbons (Fsp3) is 0.625. The monoisotopic (exact) mass is 279 g/mol. The lowest BCUT2D eigenvalue weighted by molar-refractivity contribution is 0.196. The summed E-state index contributed by atoms with van der Waals surface area (Å²) in [5, 5.41) is 0. The standard InChI is InChI=1S/C16H22ClNO/c17-12-14-4-8-18(9-5-14)7-3-13-1-2-16-15(11-13)6-10-19-16/h1-2,11,14H,3-10,12H2. The second kappa shape index (κ2) is 6.15. The third-order valence-corrected chi connectivity index (χ3v) is 4.83. The molecule has 3 rings (SSSR count). The van der Waals surface area contributed by atoms with Crippen molar-refractivity contribution in [1.82, 2.24) is 4.90 Å². The van der Waals surface area contributed by atoms with Gasteiger partial charge in [0.2, 0.25) is 0 Å². The Balaban J connectivity index is 1.50. The van der Waals surface area contributed by atoms with Crippen LogP contribution in [0.5, 0.6) is 5.75 Å². The highest BCUT2D eigenvalue weighted by molar-refractivity contribution is 6.18. The Morgan fingerprint density at radius 1 is 1.26 bits per heavy atom. The second-order valence-electron chi connectivity index (χ2n) is 5.73. The number of likely N-dealkylation sites (tertiary alicyclic amines) is 1. The fourth-order valence-electron chi connectivity index (χ4n) is 3.05. The Morgan fingerprint density at radius 3 is 2.89 bits per heavy atom. The molecule has 0 bridgehead atoms. The Hall–Kier alpha value is -0.730. The van der Waals surface area contributed by atoms with Crippen molar-refractivity contribution in [3.63, 3.8) is 0 Å². The third kappa shape index (κ3) is 3.24.